The number of hydrogen-bond donors (Lipinski definition) is 0. The lowest BCUT2D eigenvalue weighted by Gasteiger charge is -2.27. The molecule has 2 amide bonds. The van der Waals surface area contributed by atoms with Gasteiger partial charge in [0, 0.05) is 53.4 Å². The minimum Gasteiger partial charge on any atom is -0.378 e. The van der Waals surface area contributed by atoms with E-state index in [9.17, 15) is 9.59 Å². The van der Waals surface area contributed by atoms with E-state index < -0.39 is 0 Å². The first kappa shape index (κ1) is 19.6. The number of likely N-dealkylation sites (N-methyl/N-ethyl adjacent to an activating group) is 1. The Morgan fingerprint density at radius 3 is 2.61 bits per heavy atom. The van der Waals surface area contributed by atoms with Crippen LogP contribution >= 0.6 is 0 Å². The van der Waals surface area contributed by atoms with Crippen LogP contribution < -0.4 is 4.90 Å². The summed E-state index contributed by atoms with van der Waals surface area (Å²) in [6.07, 6.45) is 3.95. The molecule has 6 nitrogen and oxygen atoms in total. The highest BCUT2D eigenvalue weighted by Crippen LogP contribution is 2.38. The molecule has 1 saturated heterocycles. The fraction of sp³-hybridized carbons (Fsp3) is 0.280. The third kappa shape index (κ3) is 3.43. The maximum atomic E-state index is 13.1. The Morgan fingerprint density at radius 2 is 1.81 bits per heavy atom. The minimum atomic E-state index is 0.0184. The number of morpholine rings is 1. The van der Waals surface area contributed by atoms with E-state index in [-0.39, 0.29) is 18.4 Å². The van der Waals surface area contributed by atoms with Crippen LogP contribution in [0, 0.1) is 0 Å². The van der Waals surface area contributed by atoms with Gasteiger partial charge in [-0.3, -0.25) is 9.59 Å². The zero-order valence-electron chi connectivity index (χ0n) is 17.6. The Balaban J connectivity index is 1.54. The van der Waals surface area contributed by atoms with E-state index >= 15 is 0 Å². The maximum absolute atomic E-state index is 13.1. The summed E-state index contributed by atoms with van der Waals surface area (Å²) in [5, 5.41) is 1.03. The quantitative estimate of drug-likeness (QED) is 0.614. The number of aromatic nitrogens is 1. The number of amides is 2. The number of benzene rings is 2. The monoisotopic (exact) mass is 415 g/mol. The largest absolute Gasteiger partial charge is 0.378 e. The van der Waals surface area contributed by atoms with Gasteiger partial charge in [-0.2, -0.15) is 0 Å². The van der Waals surface area contributed by atoms with Gasteiger partial charge in [0.1, 0.15) is 6.54 Å². The summed E-state index contributed by atoms with van der Waals surface area (Å²) in [5.74, 6) is 0.104. The zero-order chi connectivity index (χ0) is 21.4. The molecule has 0 spiro atoms. The first-order valence-corrected chi connectivity index (χ1v) is 10.7. The van der Waals surface area contributed by atoms with Crippen molar-refractivity contribution in [2.24, 2.45) is 0 Å². The van der Waals surface area contributed by atoms with Crippen molar-refractivity contribution >= 4 is 40.1 Å². The second-order valence-corrected chi connectivity index (χ2v) is 7.85. The molecule has 2 aliphatic heterocycles. The van der Waals surface area contributed by atoms with Gasteiger partial charge < -0.3 is 19.1 Å². The summed E-state index contributed by atoms with van der Waals surface area (Å²) in [4.78, 5) is 29.6. The van der Waals surface area contributed by atoms with E-state index in [0.29, 0.717) is 38.4 Å². The van der Waals surface area contributed by atoms with Crippen LogP contribution in [0.3, 0.4) is 0 Å². The SMILES string of the molecule is CCN1C(=O)/C(=C/c2cn(CC(=O)N3CCOCC3)c3ccccc23)c2ccccc21. The van der Waals surface area contributed by atoms with Gasteiger partial charge in [0.25, 0.3) is 5.91 Å². The van der Waals surface area contributed by atoms with E-state index in [0.717, 1.165) is 27.7 Å². The van der Waals surface area contributed by atoms with E-state index in [1.807, 2.05) is 82.1 Å². The lowest BCUT2D eigenvalue weighted by Crippen LogP contribution is -2.42. The predicted octanol–water partition coefficient (Wildman–Crippen LogP) is 3.41. The molecular weight excluding hydrogens is 390 g/mol. The van der Waals surface area contributed by atoms with Crippen LogP contribution in [0.15, 0.2) is 54.7 Å². The Morgan fingerprint density at radius 1 is 1.06 bits per heavy atom. The first-order valence-electron chi connectivity index (χ1n) is 10.7. The summed E-state index contributed by atoms with van der Waals surface area (Å²) < 4.78 is 7.35. The molecule has 2 aromatic carbocycles. The smallest absolute Gasteiger partial charge is 0.258 e. The zero-order valence-corrected chi connectivity index (χ0v) is 17.6. The van der Waals surface area contributed by atoms with Gasteiger partial charge in [-0.05, 0) is 25.1 Å². The van der Waals surface area contributed by atoms with Crippen molar-refractivity contribution < 1.29 is 14.3 Å². The number of ether oxygens (including phenoxy) is 1. The van der Waals surface area contributed by atoms with Crippen LogP contribution in [0.25, 0.3) is 22.6 Å². The summed E-state index contributed by atoms with van der Waals surface area (Å²) >= 11 is 0. The number of fused-ring (bicyclic) bond motifs is 2. The van der Waals surface area contributed by atoms with Crippen LogP contribution in [0.1, 0.15) is 18.1 Å². The number of nitrogens with zero attached hydrogens (tertiary/aromatic N) is 3. The third-order valence-electron chi connectivity index (χ3n) is 6.07. The molecule has 31 heavy (non-hydrogen) atoms. The standard InChI is InChI=1S/C25H25N3O3/c1-2-28-23-10-6-4-8-20(23)21(25(28)30)15-18-16-27(22-9-5-3-7-19(18)22)17-24(29)26-11-13-31-14-12-26/h3-10,15-16H,2,11-14,17H2,1H3/b21-15+. The van der Waals surface area contributed by atoms with Gasteiger partial charge in [0.2, 0.25) is 5.91 Å². The van der Waals surface area contributed by atoms with Crippen molar-refractivity contribution in [2.45, 2.75) is 13.5 Å². The van der Waals surface area contributed by atoms with Crippen LogP contribution in [0.4, 0.5) is 5.69 Å². The molecule has 0 aliphatic carbocycles. The average molecular weight is 415 g/mol. The molecule has 0 bridgehead atoms. The minimum absolute atomic E-state index is 0.0184. The molecule has 0 radical (unpaired) electrons. The Hall–Kier alpha value is -3.38. The summed E-state index contributed by atoms with van der Waals surface area (Å²) in [5.41, 5.74) is 4.53. The van der Waals surface area contributed by atoms with Gasteiger partial charge >= 0.3 is 0 Å². The van der Waals surface area contributed by atoms with Gasteiger partial charge in [-0.15, -0.1) is 0 Å². The lowest BCUT2D eigenvalue weighted by molar-refractivity contribution is -0.135. The van der Waals surface area contributed by atoms with Crippen molar-refractivity contribution in [1.82, 2.24) is 9.47 Å². The molecule has 3 aromatic rings. The van der Waals surface area contributed by atoms with Crippen LogP contribution in [0.2, 0.25) is 0 Å². The lowest BCUT2D eigenvalue weighted by atomic mass is 10.0. The molecule has 158 valence electrons. The van der Waals surface area contributed by atoms with E-state index in [2.05, 4.69) is 0 Å². The first-order chi connectivity index (χ1) is 15.2. The van der Waals surface area contributed by atoms with Crippen molar-refractivity contribution in [3.8, 4) is 0 Å². The van der Waals surface area contributed by atoms with Gasteiger partial charge in [0.05, 0.1) is 18.9 Å². The van der Waals surface area contributed by atoms with Gasteiger partial charge in [-0.1, -0.05) is 36.4 Å². The third-order valence-corrected chi connectivity index (χ3v) is 6.07. The molecule has 0 unspecified atom stereocenters. The van der Waals surface area contributed by atoms with Crippen molar-refractivity contribution in [2.75, 3.05) is 37.7 Å². The normalized spacial score (nSPS) is 17.6. The number of carbonyl (C=O) groups excluding carboxylic acids is 2. The molecule has 0 N–H and O–H groups in total. The highest BCUT2D eigenvalue weighted by atomic mass is 16.5. The maximum Gasteiger partial charge on any atom is 0.258 e. The van der Waals surface area contributed by atoms with Crippen LogP contribution in [-0.2, 0) is 20.9 Å². The number of anilines is 1. The van der Waals surface area contributed by atoms with Crippen molar-refractivity contribution in [3.63, 3.8) is 0 Å². The predicted molar refractivity (Wildman–Crippen MR) is 122 cm³/mol. The molecule has 0 atom stereocenters. The Kier molecular flexibility index (Phi) is 5.08. The number of hydrogen-bond acceptors (Lipinski definition) is 3. The number of rotatable bonds is 4. The Bertz CT molecular complexity index is 1190. The fourth-order valence-corrected chi connectivity index (χ4v) is 4.50. The molecule has 0 saturated carbocycles. The number of para-hydroxylation sites is 2. The van der Waals surface area contributed by atoms with Crippen molar-refractivity contribution in [1.29, 1.82) is 0 Å². The molecular formula is C25H25N3O3. The average Bonchev–Trinajstić information content (AvgIpc) is 3.29. The highest BCUT2D eigenvalue weighted by Gasteiger charge is 2.31. The van der Waals surface area contributed by atoms with Gasteiger partial charge in [0.15, 0.2) is 0 Å². The topological polar surface area (TPSA) is 54.8 Å². The molecule has 5 rings (SSSR count). The second kappa shape index (κ2) is 8.04. The van der Waals surface area contributed by atoms with Crippen molar-refractivity contribution in [3.05, 3.63) is 65.9 Å². The van der Waals surface area contributed by atoms with Gasteiger partial charge in [-0.25, -0.2) is 0 Å². The van der Waals surface area contributed by atoms with E-state index in [1.165, 1.54) is 0 Å². The van der Waals surface area contributed by atoms with Crippen LogP contribution in [-0.4, -0.2) is 54.1 Å². The Labute approximate surface area is 181 Å². The molecule has 2 aliphatic rings. The van der Waals surface area contributed by atoms with E-state index in [1.54, 1.807) is 0 Å². The molecule has 1 fully saturated rings. The van der Waals surface area contributed by atoms with Crippen LogP contribution in [0.5, 0.6) is 0 Å². The summed E-state index contributed by atoms with van der Waals surface area (Å²) in [6, 6.07) is 15.9. The summed E-state index contributed by atoms with van der Waals surface area (Å²) in [6.45, 7) is 5.33. The summed E-state index contributed by atoms with van der Waals surface area (Å²) in [7, 11) is 0. The fourth-order valence-electron chi connectivity index (χ4n) is 4.50. The second-order valence-electron chi connectivity index (χ2n) is 7.85. The number of carbonyl (C=O) groups is 2. The van der Waals surface area contributed by atoms with E-state index in [4.69, 9.17) is 4.74 Å². The molecule has 6 heteroatoms. The highest BCUT2D eigenvalue weighted by molar-refractivity contribution is 6.36. The molecule has 1 aromatic heterocycles. The molecule has 3 heterocycles.